The monoisotopic (exact) mass is 344 g/mol. The number of benzene rings is 1. The minimum absolute atomic E-state index is 0.0288. The van der Waals surface area contributed by atoms with Gasteiger partial charge in [0.1, 0.15) is 5.01 Å². The van der Waals surface area contributed by atoms with Gasteiger partial charge in [0.05, 0.1) is 0 Å². The molecule has 1 saturated heterocycles. The number of piperazine rings is 1. The summed E-state index contributed by atoms with van der Waals surface area (Å²) in [6.07, 6.45) is 2.22. The Bertz CT molecular complexity index is 673. The maximum absolute atomic E-state index is 12.6. The Labute approximate surface area is 147 Å². The molecule has 3 rings (SSSR count). The van der Waals surface area contributed by atoms with Gasteiger partial charge in [-0.15, -0.1) is 10.2 Å². The Balaban J connectivity index is 1.67. The topological polar surface area (TPSA) is 49.3 Å². The fraction of sp³-hybridized carbons (Fsp3) is 0.500. The van der Waals surface area contributed by atoms with Gasteiger partial charge >= 0.3 is 0 Å². The summed E-state index contributed by atoms with van der Waals surface area (Å²) in [6.45, 7) is 7.47. The fourth-order valence-electron chi connectivity index (χ4n) is 3.23. The van der Waals surface area contributed by atoms with Crippen LogP contribution in [0.25, 0.3) is 0 Å². The van der Waals surface area contributed by atoms with Gasteiger partial charge in [0.25, 0.3) is 5.91 Å². The predicted molar refractivity (Wildman–Crippen MR) is 96.1 cm³/mol. The van der Waals surface area contributed by atoms with Crippen LogP contribution in [0.15, 0.2) is 30.3 Å². The molecule has 5 nitrogen and oxygen atoms in total. The van der Waals surface area contributed by atoms with E-state index in [1.54, 1.807) is 0 Å². The second kappa shape index (κ2) is 7.85. The third-order valence-electron chi connectivity index (χ3n) is 4.45. The van der Waals surface area contributed by atoms with Crippen molar-refractivity contribution >= 4 is 17.2 Å². The van der Waals surface area contributed by atoms with E-state index >= 15 is 0 Å². The number of hydrogen-bond acceptors (Lipinski definition) is 5. The molecular formula is C18H24N4OS. The van der Waals surface area contributed by atoms with Gasteiger partial charge in [0.2, 0.25) is 5.01 Å². The Morgan fingerprint density at radius 2 is 2.04 bits per heavy atom. The smallest absolute Gasteiger partial charge is 0.284 e. The first kappa shape index (κ1) is 17.0. The zero-order valence-corrected chi connectivity index (χ0v) is 15.1. The molecule has 1 amide bonds. The van der Waals surface area contributed by atoms with Crippen molar-refractivity contribution in [3.05, 3.63) is 45.9 Å². The summed E-state index contributed by atoms with van der Waals surface area (Å²) in [5.41, 5.74) is 1.33. The van der Waals surface area contributed by atoms with Crippen molar-refractivity contribution in [2.75, 3.05) is 19.6 Å². The van der Waals surface area contributed by atoms with Crippen LogP contribution in [0.2, 0.25) is 0 Å². The van der Waals surface area contributed by atoms with Crippen LogP contribution >= 0.6 is 11.3 Å². The first-order valence-corrected chi connectivity index (χ1v) is 9.36. The van der Waals surface area contributed by atoms with Gasteiger partial charge in [0, 0.05) is 32.2 Å². The molecule has 0 N–H and O–H groups in total. The molecule has 1 aliphatic rings. The van der Waals surface area contributed by atoms with Gasteiger partial charge < -0.3 is 4.90 Å². The van der Waals surface area contributed by atoms with Crippen LogP contribution < -0.4 is 0 Å². The highest BCUT2D eigenvalue weighted by molar-refractivity contribution is 7.13. The lowest BCUT2D eigenvalue weighted by molar-refractivity contribution is 0.0437. The average Bonchev–Trinajstić information content (AvgIpc) is 3.03. The van der Waals surface area contributed by atoms with Crippen molar-refractivity contribution in [1.82, 2.24) is 20.0 Å². The molecule has 1 fully saturated rings. The van der Waals surface area contributed by atoms with Crippen LogP contribution in [-0.2, 0) is 6.54 Å². The molecule has 1 aromatic heterocycles. The van der Waals surface area contributed by atoms with E-state index in [2.05, 4.69) is 46.3 Å². The van der Waals surface area contributed by atoms with Gasteiger partial charge in [0.15, 0.2) is 0 Å². The number of aryl methyl sites for hydroxylation is 1. The van der Waals surface area contributed by atoms with E-state index in [1.807, 2.05) is 17.9 Å². The molecule has 24 heavy (non-hydrogen) atoms. The summed E-state index contributed by atoms with van der Waals surface area (Å²) in [5.74, 6) is 0.0288. The van der Waals surface area contributed by atoms with Crippen molar-refractivity contribution < 1.29 is 4.79 Å². The van der Waals surface area contributed by atoms with Crippen LogP contribution in [0.5, 0.6) is 0 Å². The van der Waals surface area contributed by atoms with E-state index < -0.39 is 0 Å². The molecule has 0 unspecified atom stereocenters. The first-order chi connectivity index (χ1) is 11.7. The Kier molecular flexibility index (Phi) is 5.58. The molecule has 0 aliphatic carbocycles. The molecule has 6 heteroatoms. The Hall–Kier alpha value is -1.79. The second-order valence-corrected chi connectivity index (χ2v) is 7.46. The van der Waals surface area contributed by atoms with Crippen molar-refractivity contribution in [3.63, 3.8) is 0 Å². The summed E-state index contributed by atoms with van der Waals surface area (Å²) < 4.78 is 0. The van der Waals surface area contributed by atoms with E-state index in [4.69, 9.17) is 0 Å². The number of aromatic nitrogens is 2. The average molecular weight is 344 g/mol. The molecule has 0 saturated carbocycles. The molecule has 2 heterocycles. The van der Waals surface area contributed by atoms with Crippen LogP contribution in [0.3, 0.4) is 0 Å². The third kappa shape index (κ3) is 3.99. The molecule has 0 spiro atoms. The van der Waals surface area contributed by atoms with Gasteiger partial charge in [-0.25, -0.2) is 0 Å². The summed E-state index contributed by atoms with van der Waals surface area (Å²) in [4.78, 5) is 17.1. The fourth-order valence-corrected chi connectivity index (χ4v) is 3.89. The number of nitrogens with zero attached hydrogens (tertiary/aromatic N) is 4. The van der Waals surface area contributed by atoms with Crippen molar-refractivity contribution in [1.29, 1.82) is 0 Å². The quantitative estimate of drug-likeness (QED) is 0.837. The van der Waals surface area contributed by atoms with Gasteiger partial charge in [-0.3, -0.25) is 9.69 Å². The molecule has 1 aliphatic heterocycles. The zero-order chi connectivity index (χ0) is 16.9. The van der Waals surface area contributed by atoms with Gasteiger partial charge in [-0.2, -0.15) is 0 Å². The lowest BCUT2D eigenvalue weighted by Gasteiger charge is -2.41. The minimum Gasteiger partial charge on any atom is -0.334 e. The number of carbonyl (C=O) groups excluding carboxylic acids is 1. The normalized spacial score (nSPS) is 18.8. The standard InChI is InChI=1S/C18H24N4OS/c1-3-7-16-13-22(18(23)17-20-19-14(2)24-17)11-10-21(16)12-15-8-5-4-6-9-15/h4-6,8-9,16H,3,7,10-13H2,1-2H3/t16-/m0/s1. The Morgan fingerprint density at radius 1 is 1.25 bits per heavy atom. The SMILES string of the molecule is CCC[C@H]1CN(C(=O)c2nnc(C)s2)CCN1Cc1ccccc1. The molecule has 0 bridgehead atoms. The largest absolute Gasteiger partial charge is 0.334 e. The highest BCUT2D eigenvalue weighted by Gasteiger charge is 2.30. The molecule has 1 atom stereocenters. The lowest BCUT2D eigenvalue weighted by Crippen LogP contribution is -2.54. The molecule has 1 aromatic carbocycles. The first-order valence-electron chi connectivity index (χ1n) is 8.54. The molecule has 128 valence electrons. The molecule has 0 radical (unpaired) electrons. The van der Waals surface area contributed by atoms with Gasteiger partial charge in [-0.05, 0) is 18.9 Å². The second-order valence-electron chi connectivity index (χ2n) is 6.28. The van der Waals surface area contributed by atoms with Gasteiger partial charge in [-0.1, -0.05) is 55.0 Å². The minimum atomic E-state index is 0.0288. The number of amides is 1. The van der Waals surface area contributed by atoms with Crippen molar-refractivity contribution in [3.8, 4) is 0 Å². The van der Waals surface area contributed by atoms with E-state index in [0.29, 0.717) is 11.0 Å². The van der Waals surface area contributed by atoms with E-state index in [9.17, 15) is 4.79 Å². The summed E-state index contributed by atoms with van der Waals surface area (Å²) in [7, 11) is 0. The zero-order valence-electron chi connectivity index (χ0n) is 14.3. The number of hydrogen-bond donors (Lipinski definition) is 0. The van der Waals surface area contributed by atoms with E-state index in [1.165, 1.54) is 16.9 Å². The summed E-state index contributed by atoms with van der Waals surface area (Å²) in [6, 6.07) is 11.0. The summed E-state index contributed by atoms with van der Waals surface area (Å²) >= 11 is 1.38. The van der Waals surface area contributed by atoms with Crippen LogP contribution in [0.1, 0.15) is 40.1 Å². The Morgan fingerprint density at radius 3 is 2.71 bits per heavy atom. The highest BCUT2D eigenvalue weighted by Crippen LogP contribution is 2.20. The lowest BCUT2D eigenvalue weighted by atomic mass is 10.0. The summed E-state index contributed by atoms with van der Waals surface area (Å²) in [5, 5.41) is 9.33. The van der Waals surface area contributed by atoms with E-state index in [-0.39, 0.29) is 5.91 Å². The van der Waals surface area contributed by atoms with Crippen molar-refractivity contribution in [2.24, 2.45) is 0 Å². The number of rotatable bonds is 5. The maximum Gasteiger partial charge on any atom is 0.284 e. The van der Waals surface area contributed by atoms with E-state index in [0.717, 1.165) is 44.0 Å². The highest BCUT2D eigenvalue weighted by atomic mass is 32.1. The third-order valence-corrected chi connectivity index (χ3v) is 5.28. The number of carbonyl (C=O) groups is 1. The maximum atomic E-state index is 12.6. The van der Waals surface area contributed by atoms with Crippen LogP contribution in [0, 0.1) is 6.92 Å². The van der Waals surface area contributed by atoms with Crippen molar-refractivity contribution in [2.45, 2.75) is 39.3 Å². The molecule has 2 aromatic rings. The van der Waals surface area contributed by atoms with Crippen LogP contribution in [0.4, 0.5) is 0 Å². The van der Waals surface area contributed by atoms with Crippen LogP contribution in [-0.4, -0.2) is 51.6 Å². The molecular weight excluding hydrogens is 320 g/mol. The predicted octanol–water partition coefficient (Wildman–Crippen LogP) is 2.97.